The number of nitrogens with one attached hydrogen (secondary N) is 1. The molecule has 5 nitrogen and oxygen atoms in total. The van der Waals surface area contributed by atoms with E-state index in [-0.39, 0.29) is 6.04 Å². The first-order valence-electron chi connectivity index (χ1n) is 6.79. The van der Waals surface area contributed by atoms with Crippen LogP contribution in [0.15, 0.2) is 42.5 Å². The topological polar surface area (TPSA) is 56.8 Å². The maximum absolute atomic E-state index is 11.0. The van der Waals surface area contributed by atoms with Crippen molar-refractivity contribution >= 4 is 6.41 Å². The van der Waals surface area contributed by atoms with Crippen LogP contribution in [0, 0.1) is 0 Å². The minimum Gasteiger partial charge on any atom is -0.497 e. The second kappa shape index (κ2) is 7.36. The quantitative estimate of drug-likeness (QED) is 0.799. The van der Waals surface area contributed by atoms with E-state index in [0.717, 1.165) is 16.9 Å². The van der Waals surface area contributed by atoms with Crippen LogP contribution in [-0.2, 0) is 4.79 Å². The highest BCUT2D eigenvalue weighted by Crippen LogP contribution is 2.33. The largest absolute Gasteiger partial charge is 0.497 e. The van der Waals surface area contributed by atoms with Gasteiger partial charge in [-0.25, -0.2) is 0 Å². The van der Waals surface area contributed by atoms with E-state index in [1.165, 1.54) is 0 Å². The Morgan fingerprint density at radius 2 is 1.55 bits per heavy atom. The number of hydrogen-bond acceptors (Lipinski definition) is 4. The molecule has 5 heteroatoms. The minimum absolute atomic E-state index is 0.315. The summed E-state index contributed by atoms with van der Waals surface area (Å²) in [7, 11) is 4.80. The second-order valence-corrected chi connectivity index (χ2v) is 4.60. The third-order valence-electron chi connectivity index (χ3n) is 3.44. The van der Waals surface area contributed by atoms with Crippen molar-refractivity contribution in [1.82, 2.24) is 5.32 Å². The Morgan fingerprint density at radius 3 is 2.09 bits per heavy atom. The third kappa shape index (κ3) is 3.31. The van der Waals surface area contributed by atoms with Crippen LogP contribution in [0.5, 0.6) is 17.2 Å². The molecular formula is C17H19NO4. The molecule has 0 bridgehead atoms. The highest BCUT2D eigenvalue weighted by molar-refractivity contribution is 5.54. The van der Waals surface area contributed by atoms with Crippen LogP contribution in [0.2, 0.25) is 0 Å². The SMILES string of the molecule is COc1ccc(C(NC=O)c2ccc(OC)cc2OC)cc1. The lowest BCUT2D eigenvalue weighted by molar-refractivity contribution is -0.110. The summed E-state index contributed by atoms with van der Waals surface area (Å²) in [4.78, 5) is 11.0. The molecule has 0 radical (unpaired) electrons. The normalized spacial score (nSPS) is 11.4. The van der Waals surface area contributed by atoms with E-state index >= 15 is 0 Å². The maximum Gasteiger partial charge on any atom is 0.207 e. The molecule has 0 aliphatic carbocycles. The fourth-order valence-corrected chi connectivity index (χ4v) is 2.29. The van der Waals surface area contributed by atoms with Crippen molar-refractivity contribution in [3.8, 4) is 17.2 Å². The highest BCUT2D eigenvalue weighted by atomic mass is 16.5. The summed E-state index contributed by atoms with van der Waals surface area (Å²) in [5.74, 6) is 2.10. The maximum atomic E-state index is 11.0. The standard InChI is InChI=1S/C17H19NO4/c1-20-13-6-4-12(5-7-13)17(18-11-19)15-9-8-14(21-2)10-16(15)22-3/h4-11,17H,1-3H3,(H,18,19). The zero-order valence-electron chi connectivity index (χ0n) is 12.8. The van der Waals surface area contributed by atoms with Gasteiger partial charge in [-0.3, -0.25) is 4.79 Å². The van der Waals surface area contributed by atoms with Crippen LogP contribution in [0.25, 0.3) is 0 Å². The molecule has 2 aromatic carbocycles. The van der Waals surface area contributed by atoms with Crippen molar-refractivity contribution in [2.45, 2.75) is 6.04 Å². The molecule has 1 unspecified atom stereocenters. The molecule has 116 valence electrons. The fourth-order valence-electron chi connectivity index (χ4n) is 2.29. The van der Waals surface area contributed by atoms with Gasteiger partial charge in [0, 0.05) is 11.6 Å². The summed E-state index contributed by atoms with van der Waals surface area (Å²) in [6.45, 7) is 0. The van der Waals surface area contributed by atoms with Crippen LogP contribution in [-0.4, -0.2) is 27.7 Å². The predicted octanol–water partition coefficient (Wildman–Crippen LogP) is 2.55. The lowest BCUT2D eigenvalue weighted by Crippen LogP contribution is -2.21. The molecule has 1 amide bonds. The highest BCUT2D eigenvalue weighted by Gasteiger charge is 2.18. The second-order valence-electron chi connectivity index (χ2n) is 4.60. The molecule has 0 saturated carbocycles. The average molecular weight is 301 g/mol. The van der Waals surface area contributed by atoms with Gasteiger partial charge in [-0.1, -0.05) is 12.1 Å². The zero-order valence-corrected chi connectivity index (χ0v) is 12.8. The fraction of sp³-hybridized carbons (Fsp3) is 0.235. The van der Waals surface area contributed by atoms with Crippen molar-refractivity contribution in [3.05, 3.63) is 53.6 Å². The van der Waals surface area contributed by atoms with Crippen molar-refractivity contribution in [1.29, 1.82) is 0 Å². The number of carbonyl (C=O) groups excluding carboxylic acids is 1. The summed E-state index contributed by atoms with van der Waals surface area (Å²) in [5, 5.41) is 2.82. The van der Waals surface area contributed by atoms with E-state index in [0.29, 0.717) is 17.9 Å². The van der Waals surface area contributed by atoms with Crippen LogP contribution < -0.4 is 19.5 Å². The van der Waals surface area contributed by atoms with Crippen LogP contribution in [0.4, 0.5) is 0 Å². The lowest BCUT2D eigenvalue weighted by atomic mass is 9.97. The zero-order chi connectivity index (χ0) is 15.9. The molecule has 0 heterocycles. The van der Waals surface area contributed by atoms with E-state index < -0.39 is 0 Å². The molecule has 0 aromatic heterocycles. The van der Waals surface area contributed by atoms with Gasteiger partial charge in [0.05, 0.1) is 27.4 Å². The molecule has 1 atom stereocenters. The Balaban J connectivity index is 2.44. The minimum atomic E-state index is -0.315. The van der Waals surface area contributed by atoms with Gasteiger partial charge in [-0.15, -0.1) is 0 Å². The third-order valence-corrected chi connectivity index (χ3v) is 3.44. The number of hydrogen-bond donors (Lipinski definition) is 1. The molecule has 22 heavy (non-hydrogen) atoms. The molecule has 2 aromatic rings. The first-order chi connectivity index (χ1) is 10.7. The molecule has 1 N–H and O–H groups in total. The van der Waals surface area contributed by atoms with Crippen molar-refractivity contribution in [3.63, 3.8) is 0 Å². The van der Waals surface area contributed by atoms with Crippen molar-refractivity contribution in [2.75, 3.05) is 21.3 Å². The van der Waals surface area contributed by atoms with Crippen LogP contribution >= 0.6 is 0 Å². The van der Waals surface area contributed by atoms with Gasteiger partial charge < -0.3 is 19.5 Å². The van der Waals surface area contributed by atoms with E-state index in [1.807, 2.05) is 36.4 Å². The predicted molar refractivity (Wildman–Crippen MR) is 83.6 cm³/mol. The van der Waals surface area contributed by atoms with Crippen LogP contribution in [0.1, 0.15) is 17.2 Å². The van der Waals surface area contributed by atoms with E-state index in [2.05, 4.69) is 5.32 Å². The number of rotatable bonds is 7. The smallest absolute Gasteiger partial charge is 0.207 e. The molecular weight excluding hydrogens is 282 g/mol. The molecule has 0 spiro atoms. The Bertz CT molecular complexity index is 625. The summed E-state index contributed by atoms with van der Waals surface area (Å²) in [6.07, 6.45) is 0.679. The average Bonchev–Trinajstić information content (AvgIpc) is 2.59. The van der Waals surface area contributed by atoms with Gasteiger partial charge in [-0.05, 0) is 29.8 Å². The molecule has 0 aliphatic heterocycles. The Labute approximate surface area is 129 Å². The number of carbonyl (C=O) groups is 1. The Hall–Kier alpha value is -2.69. The monoisotopic (exact) mass is 301 g/mol. The van der Waals surface area contributed by atoms with E-state index in [1.54, 1.807) is 27.4 Å². The van der Waals surface area contributed by atoms with Gasteiger partial charge in [-0.2, -0.15) is 0 Å². The van der Waals surface area contributed by atoms with E-state index in [9.17, 15) is 4.79 Å². The van der Waals surface area contributed by atoms with Gasteiger partial charge in [0.1, 0.15) is 17.2 Å². The molecule has 0 saturated heterocycles. The number of benzene rings is 2. The van der Waals surface area contributed by atoms with Gasteiger partial charge >= 0.3 is 0 Å². The molecule has 0 fully saturated rings. The van der Waals surface area contributed by atoms with Crippen molar-refractivity contribution in [2.24, 2.45) is 0 Å². The summed E-state index contributed by atoms with van der Waals surface area (Å²) in [5.41, 5.74) is 1.77. The van der Waals surface area contributed by atoms with Gasteiger partial charge in [0.25, 0.3) is 0 Å². The molecule has 2 rings (SSSR count). The van der Waals surface area contributed by atoms with Crippen LogP contribution in [0.3, 0.4) is 0 Å². The molecule has 0 aliphatic rings. The van der Waals surface area contributed by atoms with Gasteiger partial charge in [0.15, 0.2) is 0 Å². The summed E-state index contributed by atoms with van der Waals surface area (Å²) in [6, 6.07) is 12.7. The van der Waals surface area contributed by atoms with Crippen molar-refractivity contribution < 1.29 is 19.0 Å². The Kier molecular flexibility index (Phi) is 5.25. The number of amides is 1. The number of ether oxygens (including phenoxy) is 3. The lowest BCUT2D eigenvalue weighted by Gasteiger charge is -2.20. The summed E-state index contributed by atoms with van der Waals surface area (Å²) >= 11 is 0. The number of methoxy groups -OCH3 is 3. The van der Waals surface area contributed by atoms with Gasteiger partial charge in [0.2, 0.25) is 6.41 Å². The first kappa shape index (κ1) is 15.7. The first-order valence-corrected chi connectivity index (χ1v) is 6.79. The van der Waals surface area contributed by atoms with E-state index in [4.69, 9.17) is 14.2 Å². The Morgan fingerprint density at radius 1 is 0.909 bits per heavy atom. The summed E-state index contributed by atoms with van der Waals surface area (Å²) < 4.78 is 15.8.